The van der Waals surface area contributed by atoms with E-state index in [1.165, 1.54) is 0 Å². The molecule has 158 valence electrons. The molecule has 6 heteroatoms. The standard InChI is InChI=1S/C24H27NO5/c1-14-5-6-20-18(9-14)17(7-8-29-20)23(27)25-13-19(26)15-10-16-12-24(2,3)30-22(16)21(11-15)28-4/h5-6,9-11,17H,7-8,12-13H2,1-4H3,(H,25,27). The molecular weight excluding hydrogens is 382 g/mol. The van der Waals surface area contributed by atoms with Crippen molar-refractivity contribution in [2.24, 2.45) is 0 Å². The van der Waals surface area contributed by atoms with Crippen LogP contribution >= 0.6 is 0 Å². The summed E-state index contributed by atoms with van der Waals surface area (Å²) in [7, 11) is 1.56. The number of hydrogen-bond acceptors (Lipinski definition) is 5. The quantitative estimate of drug-likeness (QED) is 0.764. The maximum Gasteiger partial charge on any atom is 0.228 e. The van der Waals surface area contributed by atoms with Crippen molar-refractivity contribution in [3.05, 3.63) is 52.6 Å². The number of rotatable bonds is 5. The van der Waals surface area contributed by atoms with Gasteiger partial charge in [0.15, 0.2) is 17.3 Å². The van der Waals surface area contributed by atoms with Crippen LogP contribution in [0.2, 0.25) is 0 Å². The highest BCUT2D eigenvalue weighted by molar-refractivity contribution is 6.00. The van der Waals surface area contributed by atoms with Crippen LogP contribution < -0.4 is 19.5 Å². The topological polar surface area (TPSA) is 73.9 Å². The van der Waals surface area contributed by atoms with E-state index >= 15 is 0 Å². The first-order chi connectivity index (χ1) is 14.3. The Hall–Kier alpha value is -3.02. The predicted octanol–water partition coefficient (Wildman–Crippen LogP) is 3.58. The summed E-state index contributed by atoms with van der Waals surface area (Å²) in [6, 6.07) is 9.37. The minimum atomic E-state index is -0.333. The van der Waals surface area contributed by atoms with E-state index < -0.39 is 0 Å². The normalized spacial score (nSPS) is 18.5. The molecule has 2 aromatic rings. The third kappa shape index (κ3) is 3.86. The fourth-order valence-electron chi connectivity index (χ4n) is 4.17. The average molecular weight is 409 g/mol. The SMILES string of the molecule is COc1cc(C(=O)CNC(=O)C2CCOc3ccc(C)cc32)cc2c1OC(C)(C)C2. The Morgan fingerprint density at radius 3 is 2.80 bits per heavy atom. The van der Waals surface area contributed by atoms with Gasteiger partial charge >= 0.3 is 0 Å². The minimum Gasteiger partial charge on any atom is -0.493 e. The summed E-state index contributed by atoms with van der Waals surface area (Å²) in [6.07, 6.45) is 1.29. The monoisotopic (exact) mass is 409 g/mol. The Kier molecular flexibility index (Phi) is 5.18. The minimum absolute atomic E-state index is 0.0659. The third-order valence-electron chi connectivity index (χ3n) is 5.61. The zero-order chi connectivity index (χ0) is 21.5. The first kappa shape index (κ1) is 20.3. The predicted molar refractivity (Wildman–Crippen MR) is 113 cm³/mol. The van der Waals surface area contributed by atoms with Gasteiger partial charge in [-0.05, 0) is 45.4 Å². The fraction of sp³-hybridized carbons (Fsp3) is 0.417. The van der Waals surface area contributed by atoms with Gasteiger partial charge in [0.1, 0.15) is 11.4 Å². The van der Waals surface area contributed by atoms with Crippen LogP contribution in [0.25, 0.3) is 0 Å². The van der Waals surface area contributed by atoms with Gasteiger partial charge in [-0.2, -0.15) is 0 Å². The molecule has 0 bridgehead atoms. The molecule has 0 aromatic heterocycles. The van der Waals surface area contributed by atoms with Gasteiger partial charge in [0.25, 0.3) is 0 Å². The number of amides is 1. The summed E-state index contributed by atoms with van der Waals surface area (Å²) in [5, 5.41) is 2.82. The number of nitrogens with one attached hydrogen (secondary N) is 1. The van der Waals surface area contributed by atoms with Gasteiger partial charge in [0, 0.05) is 23.1 Å². The fourth-order valence-corrected chi connectivity index (χ4v) is 4.17. The molecule has 1 amide bonds. The van der Waals surface area contributed by atoms with Crippen LogP contribution in [0, 0.1) is 6.92 Å². The van der Waals surface area contributed by atoms with E-state index in [1.807, 2.05) is 45.0 Å². The zero-order valence-corrected chi connectivity index (χ0v) is 17.8. The number of carbonyl (C=O) groups is 2. The second-order valence-electron chi connectivity index (χ2n) is 8.58. The molecule has 1 N–H and O–H groups in total. The molecule has 1 unspecified atom stereocenters. The summed E-state index contributed by atoms with van der Waals surface area (Å²) in [6.45, 7) is 6.41. The van der Waals surface area contributed by atoms with Gasteiger partial charge in [0.05, 0.1) is 26.2 Å². The average Bonchev–Trinajstić information content (AvgIpc) is 3.04. The maximum absolute atomic E-state index is 12.8. The van der Waals surface area contributed by atoms with Crippen LogP contribution in [0.3, 0.4) is 0 Å². The molecule has 0 spiro atoms. The lowest BCUT2D eigenvalue weighted by Crippen LogP contribution is -2.35. The number of aryl methyl sites for hydroxylation is 1. The molecule has 0 radical (unpaired) electrons. The van der Waals surface area contributed by atoms with E-state index in [0.29, 0.717) is 36.5 Å². The van der Waals surface area contributed by atoms with Crippen molar-refractivity contribution < 1.29 is 23.8 Å². The Balaban J connectivity index is 1.48. The van der Waals surface area contributed by atoms with E-state index in [4.69, 9.17) is 14.2 Å². The summed E-state index contributed by atoms with van der Waals surface area (Å²) in [5.74, 6) is 1.34. The smallest absolute Gasteiger partial charge is 0.228 e. The number of hydrogen-bond donors (Lipinski definition) is 1. The Morgan fingerprint density at radius 1 is 1.23 bits per heavy atom. The largest absolute Gasteiger partial charge is 0.493 e. The Morgan fingerprint density at radius 2 is 2.03 bits per heavy atom. The summed E-state index contributed by atoms with van der Waals surface area (Å²) in [4.78, 5) is 25.7. The molecule has 0 saturated heterocycles. The number of carbonyl (C=O) groups excluding carboxylic acids is 2. The molecule has 6 nitrogen and oxygen atoms in total. The summed E-state index contributed by atoms with van der Waals surface area (Å²) < 4.78 is 17.1. The van der Waals surface area contributed by atoms with Crippen LogP contribution in [0.5, 0.6) is 17.2 Å². The van der Waals surface area contributed by atoms with Crippen molar-refractivity contribution in [3.8, 4) is 17.2 Å². The molecular formula is C24H27NO5. The number of ether oxygens (including phenoxy) is 3. The van der Waals surface area contributed by atoms with Crippen molar-refractivity contribution in [3.63, 3.8) is 0 Å². The number of ketones is 1. The lowest BCUT2D eigenvalue weighted by atomic mass is 9.91. The van der Waals surface area contributed by atoms with E-state index in [9.17, 15) is 9.59 Å². The molecule has 30 heavy (non-hydrogen) atoms. The van der Waals surface area contributed by atoms with Gasteiger partial charge in [-0.25, -0.2) is 0 Å². The molecule has 2 aliphatic rings. The van der Waals surface area contributed by atoms with E-state index in [-0.39, 0.29) is 29.8 Å². The summed E-state index contributed by atoms with van der Waals surface area (Å²) >= 11 is 0. The van der Waals surface area contributed by atoms with Gasteiger partial charge in [-0.1, -0.05) is 17.7 Å². The Bertz CT molecular complexity index is 1010. The second kappa shape index (κ2) is 7.67. The van der Waals surface area contributed by atoms with E-state index in [0.717, 1.165) is 22.4 Å². The van der Waals surface area contributed by atoms with Crippen molar-refractivity contribution in [1.82, 2.24) is 5.32 Å². The number of methoxy groups -OCH3 is 1. The molecule has 2 aromatic carbocycles. The highest BCUT2D eigenvalue weighted by Crippen LogP contribution is 2.42. The molecule has 2 heterocycles. The molecule has 2 aliphatic heterocycles. The van der Waals surface area contributed by atoms with Crippen molar-refractivity contribution >= 4 is 11.7 Å². The maximum atomic E-state index is 12.8. The molecule has 0 aliphatic carbocycles. The van der Waals surface area contributed by atoms with Crippen LogP contribution in [0.15, 0.2) is 30.3 Å². The van der Waals surface area contributed by atoms with Crippen LogP contribution in [0.1, 0.15) is 53.2 Å². The van der Waals surface area contributed by atoms with Crippen LogP contribution in [0.4, 0.5) is 0 Å². The van der Waals surface area contributed by atoms with Crippen molar-refractivity contribution in [2.45, 2.75) is 45.1 Å². The van der Waals surface area contributed by atoms with E-state index in [1.54, 1.807) is 13.2 Å². The molecule has 0 fully saturated rings. The number of benzene rings is 2. The third-order valence-corrected chi connectivity index (χ3v) is 5.61. The van der Waals surface area contributed by atoms with Gasteiger partial charge < -0.3 is 19.5 Å². The van der Waals surface area contributed by atoms with E-state index in [2.05, 4.69) is 5.32 Å². The second-order valence-corrected chi connectivity index (χ2v) is 8.58. The highest BCUT2D eigenvalue weighted by atomic mass is 16.5. The molecule has 1 atom stereocenters. The van der Waals surface area contributed by atoms with Crippen molar-refractivity contribution in [2.75, 3.05) is 20.3 Å². The first-order valence-corrected chi connectivity index (χ1v) is 10.2. The summed E-state index contributed by atoms with van der Waals surface area (Å²) in [5.41, 5.74) is 3.08. The van der Waals surface area contributed by atoms with Gasteiger partial charge in [-0.3, -0.25) is 9.59 Å². The first-order valence-electron chi connectivity index (χ1n) is 10.2. The van der Waals surface area contributed by atoms with Gasteiger partial charge in [0.2, 0.25) is 5.91 Å². The van der Waals surface area contributed by atoms with Crippen LogP contribution in [-0.4, -0.2) is 37.6 Å². The number of Topliss-reactive ketones (excluding diaryl/α,β-unsaturated/α-hetero) is 1. The number of fused-ring (bicyclic) bond motifs is 2. The lowest BCUT2D eigenvalue weighted by molar-refractivity contribution is -0.123. The lowest BCUT2D eigenvalue weighted by Gasteiger charge is -2.25. The highest BCUT2D eigenvalue weighted by Gasteiger charge is 2.34. The van der Waals surface area contributed by atoms with Gasteiger partial charge in [-0.15, -0.1) is 0 Å². The molecule has 4 rings (SSSR count). The Labute approximate surface area is 176 Å². The molecule has 0 saturated carbocycles. The van der Waals surface area contributed by atoms with Crippen molar-refractivity contribution in [1.29, 1.82) is 0 Å². The zero-order valence-electron chi connectivity index (χ0n) is 17.8. The van der Waals surface area contributed by atoms with Crippen LogP contribution in [-0.2, 0) is 11.2 Å².